The molecule has 19 heavy (non-hydrogen) atoms. The maximum absolute atomic E-state index is 3.80. The van der Waals surface area contributed by atoms with Crippen LogP contribution < -0.4 is 5.32 Å². The highest BCUT2D eigenvalue weighted by Crippen LogP contribution is 2.24. The van der Waals surface area contributed by atoms with Gasteiger partial charge in [0.2, 0.25) is 0 Å². The number of unbranched alkanes of at least 4 members (excludes halogenated alkanes) is 1. The Bertz CT molecular complexity index is 564. The Labute approximate surface area is 115 Å². The molecule has 1 heterocycles. The highest BCUT2D eigenvalue weighted by atomic mass is 15.0. The fraction of sp³-hybridized carbons (Fsp3) is 0.412. The van der Waals surface area contributed by atoms with Gasteiger partial charge in [-0.05, 0) is 37.3 Å². The van der Waals surface area contributed by atoms with Gasteiger partial charge in [0.15, 0.2) is 0 Å². The van der Waals surface area contributed by atoms with Gasteiger partial charge >= 0.3 is 0 Å². The molecule has 0 atom stereocenters. The minimum Gasteiger partial charge on any atom is -0.347 e. The third kappa shape index (κ3) is 2.90. The molecule has 0 amide bonds. The average Bonchev–Trinajstić information content (AvgIpc) is 3.20. The number of nitrogens with one attached hydrogen (secondary N) is 1. The Morgan fingerprint density at radius 3 is 2.95 bits per heavy atom. The molecule has 2 heteroatoms. The van der Waals surface area contributed by atoms with E-state index in [1.165, 1.54) is 29.3 Å². The van der Waals surface area contributed by atoms with Crippen molar-refractivity contribution in [1.29, 1.82) is 0 Å². The van der Waals surface area contributed by atoms with Gasteiger partial charge in [-0.2, -0.15) is 0 Å². The lowest BCUT2D eigenvalue weighted by Gasteiger charge is -2.03. The van der Waals surface area contributed by atoms with E-state index in [4.69, 9.17) is 0 Å². The van der Waals surface area contributed by atoms with Gasteiger partial charge in [-0.3, -0.25) is 0 Å². The molecular weight excluding hydrogens is 232 g/mol. The largest absolute Gasteiger partial charge is 0.347 e. The van der Waals surface area contributed by atoms with Crippen molar-refractivity contribution < 1.29 is 0 Å². The van der Waals surface area contributed by atoms with E-state index < -0.39 is 0 Å². The van der Waals surface area contributed by atoms with E-state index in [0.717, 1.165) is 32.0 Å². The van der Waals surface area contributed by atoms with Gasteiger partial charge in [-0.15, -0.1) is 6.58 Å². The zero-order chi connectivity index (χ0) is 13.1. The van der Waals surface area contributed by atoms with Gasteiger partial charge in [0.25, 0.3) is 0 Å². The molecule has 1 aliphatic carbocycles. The van der Waals surface area contributed by atoms with Crippen LogP contribution in [0.2, 0.25) is 0 Å². The van der Waals surface area contributed by atoms with E-state index in [0.29, 0.717) is 0 Å². The number of aryl methyl sites for hydroxylation is 1. The van der Waals surface area contributed by atoms with Gasteiger partial charge in [0.1, 0.15) is 0 Å². The first-order valence-corrected chi connectivity index (χ1v) is 7.29. The van der Waals surface area contributed by atoms with Crippen LogP contribution >= 0.6 is 0 Å². The Hall–Kier alpha value is -1.54. The highest BCUT2D eigenvalue weighted by molar-refractivity contribution is 5.83. The summed E-state index contributed by atoms with van der Waals surface area (Å²) in [5, 5.41) is 5.01. The lowest BCUT2D eigenvalue weighted by molar-refractivity contribution is 0.658. The van der Waals surface area contributed by atoms with Crippen LogP contribution in [-0.4, -0.2) is 10.6 Å². The number of fused-ring (bicyclic) bond motifs is 1. The fourth-order valence-corrected chi connectivity index (χ4v) is 2.60. The van der Waals surface area contributed by atoms with Crippen molar-refractivity contribution in [3.05, 3.63) is 48.7 Å². The molecule has 100 valence electrons. The first kappa shape index (κ1) is 12.5. The third-order valence-corrected chi connectivity index (χ3v) is 3.84. The minimum absolute atomic E-state index is 0.767. The minimum atomic E-state index is 0.767. The van der Waals surface area contributed by atoms with Crippen molar-refractivity contribution in [2.75, 3.05) is 0 Å². The van der Waals surface area contributed by atoms with Crippen molar-refractivity contribution >= 4 is 10.9 Å². The predicted octanol–water partition coefficient (Wildman–Crippen LogP) is 3.86. The van der Waals surface area contributed by atoms with Crippen LogP contribution in [0.25, 0.3) is 10.9 Å². The van der Waals surface area contributed by atoms with Crippen LogP contribution in [0, 0.1) is 0 Å². The number of allylic oxidation sites excluding steroid dienone is 1. The van der Waals surface area contributed by atoms with Gasteiger partial charge in [-0.1, -0.05) is 24.3 Å². The molecule has 1 N–H and O–H groups in total. The summed E-state index contributed by atoms with van der Waals surface area (Å²) >= 11 is 0. The number of para-hydroxylation sites is 1. The Morgan fingerprint density at radius 2 is 2.16 bits per heavy atom. The number of rotatable bonds is 7. The van der Waals surface area contributed by atoms with Crippen molar-refractivity contribution in [2.45, 2.75) is 44.8 Å². The SMILES string of the molecule is C=CCCCn1cc(CNC2CC2)c2ccccc21. The molecule has 3 rings (SSSR count). The quantitative estimate of drug-likeness (QED) is 0.586. The van der Waals surface area contributed by atoms with Crippen molar-refractivity contribution in [1.82, 2.24) is 9.88 Å². The highest BCUT2D eigenvalue weighted by Gasteiger charge is 2.20. The molecule has 0 aliphatic heterocycles. The molecular formula is C17H22N2. The van der Waals surface area contributed by atoms with Crippen molar-refractivity contribution in [3.63, 3.8) is 0 Å². The number of hydrogen-bond donors (Lipinski definition) is 1. The zero-order valence-electron chi connectivity index (χ0n) is 11.4. The Balaban J connectivity index is 1.81. The summed E-state index contributed by atoms with van der Waals surface area (Å²) in [6, 6.07) is 9.50. The molecule has 0 radical (unpaired) electrons. The molecule has 1 fully saturated rings. The summed E-state index contributed by atoms with van der Waals surface area (Å²) < 4.78 is 2.39. The van der Waals surface area contributed by atoms with Crippen LogP contribution in [0.1, 0.15) is 31.2 Å². The maximum Gasteiger partial charge on any atom is 0.0483 e. The smallest absolute Gasteiger partial charge is 0.0483 e. The van der Waals surface area contributed by atoms with E-state index in [1.807, 2.05) is 6.08 Å². The van der Waals surface area contributed by atoms with Crippen LogP contribution in [0.15, 0.2) is 43.1 Å². The monoisotopic (exact) mass is 254 g/mol. The molecule has 1 aromatic heterocycles. The summed E-state index contributed by atoms with van der Waals surface area (Å²) in [6.45, 7) is 5.87. The first-order valence-electron chi connectivity index (χ1n) is 7.29. The van der Waals surface area contributed by atoms with Gasteiger partial charge in [0.05, 0.1) is 0 Å². The van der Waals surface area contributed by atoms with Crippen LogP contribution in [0.3, 0.4) is 0 Å². The van der Waals surface area contributed by atoms with Crippen LogP contribution in [0.4, 0.5) is 0 Å². The van der Waals surface area contributed by atoms with Crippen molar-refractivity contribution in [2.24, 2.45) is 0 Å². The average molecular weight is 254 g/mol. The molecule has 0 bridgehead atoms. The van der Waals surface area contributed by atoms with Crippen LogP contribution in [-0.2, 0) is 13.1 Å². The summed E-state index contributed by atoms with van der Waals surface area (Å²) in [4.78, 5) is 0. The van der Waals surface area contributed by atoms with Gasteiger partial charge < -0.3 is 9.88 Å². The summed E-state index contributed by atoms with van der Waals surface area (Å²) in [6.07, 6.45) is 9.26. The lowest BCUT2D eigenvalue weighted by atomic mass is 10.2. The Morgan fingerprint density at radius 1 is 1.32 bits per heavy atom. The van der Waals surface area contributed by atoms with Gasteiger partial charge in [0, 0.05) is 36.2 Å². The first-order chi connectivity index (χ1) is 9.38. The predicted molar refractivity (Wildman–Crippen MR) is 81.2 cm³/mol. The normalized spacial score (nSPS) is 14.9. The van der Waals surface area contributed by atoms with Crippen molar-refractivity contribution in [3.8, 4) is 0 Å². The number of benzene rings is 1. The Kier molecular flexibility index (Phi) is 3.69. The fourth-order valence-electron chi connectivity index (χ4n) is 2.60. The maximum atomic E-state index is 3.80. The number of aromatic nitrogens is 1. The topological polar surface area (TPSA) is 17.0 Å². The van der Waals surface area contributed by atoms with Gasteiger partial charge in [-0.25, -0.2) is 0 Å². The molecule has 2 aromatic rings. The zero-order valence-corrected chi connectivity index (χ0v) is 11.4. The lowest BCUT2D eigenvalue weighted by Crippen LogP contribution is -2.14. The second-order valence-corrected chi connectivity index (χ2v) is 5.45. The molecule has 1 aromatic carbocycles. The molecule has 1 saturated carbocycles. The second-order valence-electron chi connectivity index (χ2n) is 5.45. The second kappa shape index (κ2) is 5.62. The summed E-state index contributed by atoms with van der Waals surface area (Å²) in [5.74, 6) is 0. The van der Waals surface area contributed by atoms with E-state index in [9.17, 15) is 0 Å². The van der Waals surface area contributed by atoms with E-state index >= 15 is 0 Å². The number of nitrogens with zero attached hydrogens (tertiary/aromatic N) is 1. The molecule has 0 unspecified atom stereocenters. The third-order valence-electron chi connectivity index (χ3n) is 3.84. The summed E-state index contributed by atoms with van der Waals surface area (Å²) in [5.41, 5.74) is 2.79. The standard InChI is InChI=1S/C17H22N2/c1-2-3-6-11-19-13-14(12-18-15-9-10-15)16-7-4-5-8-17(16)19/h2,4-5,7-8,13,15,18H,1,3,6,9-12H2. The molecule has 0 saturated heterocycles. The molecule has 2 nitrogen and oxygen atoms in total. The summed E-state index contributed by atoms with van der Waals surface area (Å²) in [7, 11) is 0. The van der Waals surface area contributed by atoms with E-state index in [1.54, 1.807) is 0 Å². The molecule has 0 spiro atoms. The molecule has 1 aliphatic rings. The van der Waals surface area contributed by atoms with Crippen LogP contribution in [0.5, 0.6) is 0 Å². The van der Waals surface area contributed by atoms with E-state index in [2.05, 4.69) is 46.9 Å². The number of hydrogen-bond acceptors (Lipinski definition) is 1. The van der Waals surface area contributed by atoms with E-state index in [-0.39, 0.29) is 0 Å².